The third-order valence-corrected chi connectivity index (χ3v) is 9.43. The minimum absolute atomic E-state index is 0.0800. The minimum Gasteiger partial charge on any atom is -0.497 e. The van der Waals surface area contributed by atoms with Crippen LogP contribution in [-0.4, -0.2) is 70.6 Å². The monoisotopic (exact) mass is 629 g/mol. The smallest absolute Gasteiger partial charge is 0.261 e. The lowest BCUT2D eigenvalue weighted by atomic mass is 10.1. The van der Waals surface area contributed by atoms with E-state index in [9.17, 15) is 13.2 Å². The van der Waals surface area contributed by atoms with Gasteiger partial charge in [-0.25, -0.2) is 13.4 Å². The van der Waals surface area contributed by atoms with Gasteiger partial charge in [-0.15, -0.1) is 0 Å². The Hall–Kier alpha value is -3.19. The lowest BCUT2D eigenvalue weighted by molar-refractivity contribution is 0.0948. The van der Waals surface area contributed by atoms with Gasteiger partial charge in [-0.2, -0.15) is 0 Å². The van der Waals surface area contributed by atoms with Crippen LogP contribution in [0.2, 0.25) is 0 Å². The number of thiazole rings is 1. The number of rotatable bonds is 9. The number of amides is 1. The van der Waals surface area contributed by atoms with Crippen LogP contribution >= 0.6 is 27.3 Å². The largest absolute Gasteiger partial charge is 0.497 e. The molecule has 0 radical (unpaired) electrons. The van der Waals surface area contributed by atoms with Gasteiger partial charge in [0.25, 0.3) is 15.9 Å². The van der Waals surface area contributed by atoms with E-state index in [1.165, 1.54) is 19.2 Å². The summed E-state index contributed by atoms with van der Waals surface area (Å²) in [5.41, 5.74) is 1.50. The topological polar surface area (TPSA) is 104 Å². The molecule has 0 bridgehead atoms. The van der Waals surface area contributed by atoms with Gasteiger partial charge in [0.15, 0.2) is 5.13 Å². The van der Waals surface area contributed by atoms with Gasteiger partial charge in [0.2, 0.25) is 0 Å². The van der Waals surface area contributed by atoms with Crippen LogP contribution in [0, 0.1) is 0 Å². The number of hydrogen-bond donors (Lipinski definition) is 2. The Bertz CT molecular complexity index is 1570. The number of nitrogens with zero attached hydrogens (tertiary/aromatic N) is 3. The molecule has 0 atom stereocenters. The van der Waals surface area contributed by atoms with Gasteiger partial charge in [-0.3, -0.25) is 14.4 Å². The van der Waals surface area contributed by atoms with Gasteiger partial charge >= 0.3 is 0 Å². The first-order valence-corrected chi connectivity index (χ1v) is 15.5. The number of hydrogen-bond acceptors (Lipinski definition) is 8. The third kappa shape index (κ3) is 6.52. The fourth-order valence-corrected chi connectivity index (χ4v) is 6.98. The Morgan fingerprint density at radius 1 is 1.05 bits per heavy atom. The molecule has 2 heterocycles. The second kappa shape index (κ2) is 11.9. The number of sulfonamides is 1. The quantitative estimate of drug-likeness (QED) is 0.282. The average Bonchev–Trinajstić information content (AvgIpc) is 3.37. The van der Waals surface area contributed by atoms with E-state index in [-0.39, 0.29) is 22.1 Å². The van der Waals surface area contributed by atoms with Crippen molar-refractivity contribution in [3.8, 4) is 5.75 Å². The van der Waals surface area contributed by atoms with Crippen molar-refractivity contribution < 1.29 is 17.9 Å². The molecule has 1 aliphatic rings. The van der Waals surface area contributed by atoms with Crippen LogP contribution in [0.25, 0.3) is 10.2 Å². The number of nitrogens with one attached hydrogen (secondary N) is 2. The molecule has 1 amide bonds. The SMILES string of the molecule is COc1ccc(S(=O)(=O)Nc2ccccc2C(=O)NCCN2CCN(c3nc4ccc(Br)cc4s3)CC2)cc1. The van der Waals surface area contributed by atoms with Crippen LogP contribution in [-0.2, 0) is 10.0 Å². The molecule has 204 valence electrons. The maximum atomic E-state index is 13.0. The predicted octanol–water partition coefficient (Wildman–Crippen LogP) is 4.42. The summed E-state index contributed by atoms with van der Waals surface area (Å²) < 4.78 is 35.6. The predicted molar refractivity (Wildman–Crippen MR) is 159 cm³/mol. The number of anilines is 2. The van der Waals surface area contributed by atoms with Crippen molar-refractivity contribution in [1.29, 1.82) is 0 Å². The second-order valence-corrected chi connectivity index (χ2v) is 12.6. The fraction of sp³-hybridized carbons (Fsp3) is 0.259. The van der Waals surface area contributed by atoms with Gasteiger partial charge in [-0.05, 0) is 54.6 Å². The van der Waals surface area contributed by atoms with Crippen molar-refractivity contribution in [2.24, 2.45) is 0 Å². The van der Waals surface area contributed by atoms with E-state index in [2.05, 4.69) is 41.8 Å². The van der Waals surface area contributed by atoms with Gasteiger partial charge in [0.1, 0.15) is 5.75 Å². The van der Waals surface area contributed by atoms with Crippen LogP contribution in [0.4, 0.5) is 10.8 Å². The standard InChI is InChI=1S/C27H28BrN5O4S2/c1-37-20-7-9-21(10-8-20)39(35,36)31-23-5-3-2-4-22(23)26(34)29-12-13-32-14-16-33(17-15-32)27-30-24-11-6-19(28)18-25(24)38-27/h2-11,18,31H,12-17H2,1H3,(H,29,34). The highest BCUT2D eigenvalue weighted by atomic mass is 79.9. The number of halogens is 1. The number of ether oxygens (including phenoxy) is 1. The molecule has 0 unspecified atom stereocenters. The molecule has 9 nitrogen and oxygen atoms in total. The first-order chi connectivity index (χ1) is 18.8. The van der Waals surface area contributed by atoms with E-state index in [1.54, 1.807) is 47.7 Å². The van der Waals surface area contributed by atoms with Gasteiger partial charge < -0.3 is 15.0 Å². The summed E-state index contributed by atoms with van der Waals surface area (Å²) in [5.74, 6) is 0.225. The summed E-state index contributed by atoms with van der Waals surface area (Å²) in [4.78, 5) is 22.4. The zero-order chi connectivity index (χ0) is 27.4. The molecule has 12 heteroatoms. The molecule has 0 spiro atoms. The van der Waals surface area contributed by atoms with Gasteiger partial charge in [0.05, 0.1) is 33.5 Å². The number of benzene rings is 3. The number of piperazine rings is 1. The average molecular weight is 631 g/mol. The molecule has 0 saturated carbocycles. The zero-order valence-corrected chi connectivity index (χ0v) is 24.5. The van der Waals surface area contributed by atoms with Crippen molar-refractivity contribution in [1.82, 2.24) is 15.2 Å². The highest BCUT2D eigenvalue weighted by Gasteiger charge is 2.21. The van der Waals surface area contributed by atoms with E-state index in [0.29, 0.717) is 18.8 Å². The van der Waals surface area contributed by atoms with Crippen molar-refractivity contribution in [3.05, 3.63) is 76.8 Å². The second-order valence-electron chi connectivity index (χ2n) is 9.02. The number of para-hydroxylation sites is 1. The van der Waals surface area contributed by atoms with E-state index >= 15 is 0 Å². The fourth-order valence-electron chi connectivity index (χ4n) is 4.34. The maximum Gasteiger partial charge on any atom is 0.261 e. The Labute approximate surface area is 240 Å². The molecule has 1 aliphatic heterocycles. The third-order valence-electron chi connectivity index (χ3n) is 6.48. The van der Waals surface area contributed by atoms with Crippen LogP contribution in [0.5, 0.6) is 5.75 Å². The summed E-state index contributed by atoms with van der Waals surface area (Å²) in [7, 11) is -2.36. The molecular weight excluding hydrogens is 602 g/mol. The summed E-state index contributed by atoms with van der Waals surface area (Å²) >= 11 is 5.22. The van der Waals surface area contributed by atoms with Crippen LogP contribution < -0.4 is 19.7 Å². The maximum absolute atomic E-state index is 13.0. The highest BCUT2D eigenvalue weighted by molar-refractivity contribution is 9.10. The van der Waals surface area contributed by atoms with Gasteiger partial charge in [0, 0.05) is 43.7 Å². The Morgan fingerprint density at radius 2 is 1.79 bits per heavy atom. The summed E-state index contributed by atoms with van der Waals surface area (Å²) in [5, 5.41) is 3.97. The van der Waals surface area contributed by atoms with Crippen molar-refractivity contribution in [2.45, 2.75) is 4.90 Å². The molecule has 0 aliphatic carbocycles. The van der Waals surface area contributed by atoms with Crippen molar-refractivity contribution in [3.63, 3.8) is 0 Å². The summed E-state index contributed by atoms with van der Waals surface area (Å²) in [6.07, 6.45) is 0. The van der Waals surface area contributed by atoms with Crippen molar-refractivity contribution in [2.75, 3.05) is 56.0 Å². The van der Waals surface area contributed by atoms with Crippen LogP contribution in [0.3, 0.4) is 0 Å². The number of carbonyl (C=O) groups is 1. The van der Waals surface area contributed by atoms with Crippen molar-refractivity contribution >= 4 is 64.2 Å². The first kappa shape index (κ1) is 27.4. The highest BCUT2D eigenvalue weighted by Crippen LogP contribution is 2.31. The first-order valence-electron chi connectivity index (χ1n) is 12.4. The normalized spacial score (nSPS) is 14.4. The lowest BCUT2D eigenvalue weighted by Crippen LogP contribution is -2.48. The van der Waals surface area contributed by atoms with Crippen LogP contribution in [0.15, 0.2) is 76.1 Å². The number of aromatic nitrogens is 1. The van der Waals surface area contributed by atoms with E-state index in [1.807, 2.05) is 12.1 Å². The van der Waals surface area contributed by atoms with E-state index in [4.69, 9.17) is 9.72 Å². The van der Waals surface area contributed by atoms with Gasteiger partial charge in [-0.1, -0.05) is 39.4 Å². The zero-order valence-electron chi connectivity index (χ0n) is 21.3. The molecule has 5 rings (SSSR count). The number of fused-ring (bicyclic) bond motifs is 1. The summed E-state index contributed by atoms with van der Waals surface area (Å²) in [6, 6.07) is 18.8. The Morgan fingerprint density at radius 3 is 2.54 bits per heavy atom. The van der Waals surface area contributed by atoms with Crippen LogP contribution in [0.1, 0.15) is 10.4 Å². The van der Waals surface area contributed by atoms with E-state index in [0.717, 1.165) is 46.0 Å². The molecule has 1 fully saturated rings. The Balaban J connectivity index is 1.13. The molecule has 1 aromatic heterocycles. The lowest BCUT2D eigenvalue weighted by Gasteiger charge is -2.34. The number of methoxy groups -OCH3 is 1. The molecular formula is C27H28BrN5O4S2. The summed E-state index contributed by atoms with van der Waals surface area (Å²) in [6.45, 7) is 4.62. The molecule has 3 aromatic carbocycles. The molecule has 1 saturated heterocycles. The minimum atomic E-state index is -3.88. The molecule has 39 heavy (non-hydrogen) atoms. The van der Waals surface area contributed by atoms with E-state index < -0.39 is 10.0 Å². The Kier molecular flexibility index (Phi) is 8.36. The molecule has 2 N–H and O–H groups in total. The number of carbonyl (C=O) groups excluding carboxylic acids is 1. The molecule has 4 aromatic rings.